The molecule has 1 N–H and O–H groups in total. The lowest BCUT2D eigenvalue weighted by Crippen LogP contribution is -2.57. The topological polar surface area (TPSA) is 111 Å². The van der Waals surface area contributed by atoms with Gasteiger partial charge in [0.05, 0.1) is 17.2 Å². The van der Waals surface area contributed by atoms with E-state index in [1.165, 1.54) is 6.20 Å². The van der Waals surface area contributed by atoms with E-state index in [-0.39, 0.29) is 13.2 Å². The van der Waals surface area contributed by atoms with Crippen molar-refractivity contribution in [3.63, 3.8) is 0 Å². The number of carboxylic acids is 1. The summed E-state index contributed by atoms with van der Waals surface area (Å²) in [5.41, 5.74) is 7.40. The zero-order valence-electron chi connectivity index (χ0n) is 31.7. The Hall–Kier alpha value is -4.66. The molecule has 0 unspecified atom stereocenters. The van der Waals surface area contributed by atoms with Crippen LogP contribution >= 0.6 is 11.6 Å². The number of nitrogens with zero attached hydrogens (tertiary/aromatic N) is 5. The number of pyridine rings is 1. The van der Waals surface area contributed by atoms with E-state index in [0.29, 0.717) is 54.2 Å². The van der Waals surface area contributed by atoms with Crippen molar-refractivity contribution in [1.29, 1.82) is 5.26 Å². The number of likely N-dealkylation sites (tertiary alicyclic amines) is 2. The maximum atomic E-state index is 12.1. The summed E-state index contributed by atoms with van der Waals surface area (Å²) in [5.74, 6) is 1.06. The first-order valence-corrected chi connectivity index (χ1v) is 19.1. The Bertz CT molecular complexity index is 1970. The summed E-state index contributed by atoms with van der Waals surface area (Å²) in [5, 5.41) is 19.7. The Morgan fingerprint density at radius 1 is 0.944 bits per heavy atom. The number of hydrogen-bond acceptors (Lipinski definition) is 9. The number of carboxylic acid groups (broad SMARTS) is 1. The molecular formula is C43H50ClN5O5. The van der Waals surface area contributed by atoms with Crippen LogP contribution in [0.4, 0.5) is 0 Å². The van der Waals surface area contributed by atoms with Crippen molar-refractivity contribution in [2.45, 2.75) is 71.4 Å². The van der Waals surface area contributed by atoms with Gasteiger partial charge in [-0.25, -0.2) is 0 Å². The highest BCUT2D eigenvalue weighted by atomic mass is 35.5. The van der Waals surface area contributed by atoms with E-state index in [2.05, 4.69) is 73.1 Å². The minimum Gasteiger partial charge on any atom is -0.493 e. The average Bonchev–Trinajstić information content (AvgIpc) is 3.14. The third kappa shape index (κ3) is 9.52. The third-order valence-corrected chi connectivity index (χ3v) is 10.9. The highest BCUT2D eigenvalue weighted by Gasteiger charge is 2.30. The van der Waals surface area contributed by atoms with Gasteiger partial charge in [-0.2, -0.15) is 5.26 Å². The Labute approximate surface area is 323 Å². The number of ether oxygens (including phenoxy) is 3. The van der Waals surface area contributed by atoms with Gasteiger partial charge < -0.3 is 24.2 Å². The molecule has 2 aliphatic heterocycles. The highest BCUT2D eigenvalue weighted by molar-refractivity contribution is 6.32. The van der Waals surface area contributed by atoms with Crippen molar-refractivity contribution in [2.75, 3.05) is 46.9 Å². The number of rotatable bonds is 16. The van der Waals surface area contributed by atoms with Crippen LogP contribution in [-0.4, -0.2) is 89.7 Å². The number of likely N-dealkylation sites (N-methyl/N-ethyl adjacent to an activating group) is 1. The van der Waals surface area contributed by atoms with Gasteiger partial charge >= 0.3 is 5.97 Å². The molecule has 54 heavy (non-hydrogen) atoms. The summed E-state index contributed by atoms with van der Waals surface area (Å²) >= 11 is 6.87. The van der Waals surface area contributed by atoms with E-state index in [0.717, 1.165) is 83.6 Å². The lowest BCUT2D eigenvalue weighted by Gasteiger charge is -2.42. The summed E-state index contributed by atoms with van der Waals surface area (Å²) in [6.45, 7) is 9.66. The second-order valence-corrected chi connectivity index (χ2v) is 15.0. The van der Waals surface area contributed by atoms with Gasteiger partial charge in [0.1, 0.15) is 42.6 Å². The molecule has 3 heterocycles. The fraction of sp³-hybridized carbons (Fsp3) is 0.419. The molecule has 284 valence electrons. The van der Waals surface area contributed by atoms with E-state index >= 15 is 0 Å². The lowest BCUT2D eigenvalue weighted by atomic mass is 9.93. The van der Waals surface area contributed by atoms with Crippen molar-refractivity contribution in [2.24, 2.45) is 0 Å². The van der Waals surface area contributed by atoms with Crippen LogP contribution in [-0.2, 0) is 24.6 Å². The summed E-state index contributed by atoms with van der Waals surface area (Å²) in [7, 11) is 4.28. The molecule has 0 spiro atoms. The molecule has 10 nitrogen and oxygen atoms in total. The number of aromatic nitrogens is 1. The minimum atomic E-state index is -0.828. The first-order valence-electron chi connectivity index (χ1n) is 18.7. The molecule has 0 aliphatic carbocycles. The van der Waals surface area contributed by atoms with Crippen LogP contribution in [0.1, 0.15) is 59.1 Å². The largest absolute Gasteiger partial charge is 0.493 e. The molecule has 6 rings (SSSR count). The summed E-state index contributed by atoms with van der Waals surface area (Å²) in [6, 6.07) is 20.0. The molecule has 2 saturated heterocycles. The number of aliphatic carboxylic acids is 1. The van der Waals surface area contributed by atoms with Crippen LogP contribution in [0.2, 0.25) is 5.02 Å². The number of nitriles is 1. The van der Waals surface area contributed by atoms with E-state index < -0.39 is 12.0 Å². The van der Waals surface area contributed by atoms with E-state index in [9.17, 15) is 15.2 Å². The fourth-order valence-corrected chi connectivity index (χ4v) is 7.52. The van der Waals surface area contributed by atoms with Gasteiger partial charge in [0, 0.05) is 61.8 Å². The molecule has 0 amide bonds. The normalized spacial score (nSPS) is 16.5. The van der Waals surface area contributed by atoms with Crippen molar-refractivity contribution < 1.29 is 24.1 Å². The second-order valence-electron chi connectivity index (χ2n) is 14.6. The standard InChI is InChI=1S/C43H50ClN5O5/c1-29-33(10-7-11-36(29)37-12-8-14-40(30(37)2)52-17-9-15-48-25-35(26-48)47(3)4)28-54-42-20-41(53-27-32-18-31(21-45)22-46-23-32)34(19-38(42)44)24-49-16-6-5-13-39(49)43(50)51/h7-8,10-12,14,18-20,22-23,35,39H,5-6,9,13,15-17,24-28H2,1-4H3,(H,50,51)/t39-/m0/s1. The highest BCUT2D eigenvalue weighted by Crippen LogP contribution is 2.37. The number of hydrogen-bond donors (Lipinski definition) is 1. The van der Waals surface area contributed by atoms with Crippen molar-refractivity contribution in [3.05, 3.63) is 105 Å². The number of piperidine rings is 1. The lowest BCUT2D eigenvalue weighted by molar-refractivity contribution is -0.144. The van der Waals surface area contributed by atoms with Crippen LogP contribution < -0.4 is 14.2 Å². The fourth-order valence-electron chi connectivity index (χ4n) is 7.28. The van der Waals surface area contributed by atoms with Gasteiger partial charge in [-0.15, -0.1) is 0 Å². The van der Waals surface area contributed by atoms with Gasteiger partial charge in [0.25, 0.3) is 0 Å². The zero-order valence-corrected chi connectivity index (χ0v) is 32.4. The molecule has 1 atom stereocenters. The molecule has 0 bridgehead atoms. The average molecular weight is 752 g/mol. The molecule has 0 saturated carbocycles. The van der Waals surface area contributed by atoms with Crippen molar-refractivity contribution in [1.82, 2.24) is 19.7 Å². The maximum Gasteiger partial charge on any atom is 0.320 e. The Morgan fingerprint density at radius 3 is 2.46 bits per heavy atom. The van der Waals surface area contributed by atoms with E-state index in [1.807, 2.05) is 23.1 Å². The van der Waals surface area contributed by atoms with Gasteiger partial charge in [0.15, 0.2) is 0 Å². The summed E-state index contributed by atoms with van der Waals surface area (Å²) in [6.07, 6.45) is 6.55. The first-order chi connectivity index (χ1) is 26.1. The predicted molar refractivity (Wildman–Crippen MR) is 210 cm³/mol. The van der Waals surface area contributed by atoms with Gasteiger partial charge in [-0.05, 0) is 99.8 Å². The second kappa shape index (κ2) is 18.1. The first kappa shape index (κ1) is 39.0. The maximum absolute atomic E-state index is 12.1. The SMILES string of the molecule is Cc1c(COc2cc(OCc3cncc(C#N)c3)c(CN3CCCC[C@H]3C(=O)O)cc2Cl)cccc1-c1cccc(OCCCN2CC(N(C)C)C2)c1C. The van der Waals surface area contributed by atoms with Crippen LogP contribution in [0.5, 0.6) is 17.2 Å². The van der Waals surface area contributed by atoms with E-state index in [1.54, 1.807) is 18.3 Å². The molecule has 11 heteroatoms. The monoisotopic (exact) mass is 751 g/mol. The van der Waals surface area contributed by atoms with Crippen LogP contribution in [0.3, 0.4) is 0 Å². The Balaban J connectivity index is 1.16. The van der Waals surface area contributed by atoms with Crippen LogP contribution in [0, 0.1) is 25.2 Å². The van der Waals surface area contributed by atoms with E-state index in [4.69, 9.17) is 25.8 Å². The summed E-state index contributed by atoms with van der Waals surface area (Å²) < 4.78 is 19.0. The van der Waals surface area contributed by atoms with Gasteiger partial charge in [-0.1, -0.05) is 48.4 Å². The van der Waals surface area contributed by atoms with Crippen LogP contribution in [0.15, 0.2) is 67.0 Å². The molecule has 3 aromatic carbocycles. The number of carbonyl (C=O) groups is 1. The molecule has 1 aromatic heterocycles. The predicted octanol–water partition coefficient (Wildman–Crippen LogP) is 7.50. The van der Waals surface area contributed by atoms with Gasteiger partial charge in [-0.3, -0.25) is 19.6 Å². The zero-order chi connectivity index (χ0) is 38.2. The number of benzene rings is 3. The molecule has 2 fully saturated rings. The smallest absolute Gasteiger partial charge is 0.320 e. The van der Waals surface area contributed by atoms with Crippen LogP contribution in [0.25, 0.3) is 11.1 Å². The molecular weight excluding hydrogens is 702 g/mol. The number of halogens is 1. The Kier molecular flexibility index (Phi) is 13.1. The molecule has 2 aliphatic rings. The molecule has 4 aromatic rings. The Morgan fingerprint density at radius 2 is 1.70 bits per heavy atom. The van der Waals surface area contributed by atoms with Crippen molar-refractivity contribution >= 4 is 17.6 Å². The minimum absolute atomic E-state index is 0.165. The molecule has 0 radical (unpaired) electrons. The van der Waals surface area contributed by atoms with Crippen molar-refractivity contribution in [3.8, 4) is 34.4 Å². The third-order valence-electron chi connectivity index (χ3n) is 10.7. The summed E-state index contributed by atoms with van der Waals surface area (Å²) in [4.78, 5) is 23.0. The quantitative estimate of drug-likeness (QED) is 0.116. The van der Waals surface area contributed by atoms with Gasteiger partial charge in [0.2, 0.25) is 0 Å².